The molecule has 7 heteroatoms. The highest BCUT2D eigenvalue weighted by atomic mass is 16.6. The Morgan fingerprint density at radius 3 is 3.00 bits per heavy atom. The van der Waals surface area contributed by atoms with Gasteiger partial charge in [0.15, 0.2) is 0 Å². The molecule has 0 fully saturated rings. The fraction of sp³-hybridized carbons (Fsp3) is 0.222. The minimum Gasteiger partial charge on any atom is -0.258 e. The van der Waals surface area contributed by atoms with Gasteiger partial charge in [0.2, 0.25) is 0 Å². The van der Waals surface area contributed by atoms with Crippen LogP contribution in [0, 0.1) is 22.0 Å². The second-order valence-corrected chi connectivity index (χ2v) is 2.66. The summed E-state index contributed by atoms with van der Waals surface area (Å²) in [6.07, 6.45) is 1.58. The van der Waals surface area contributed by atoms with Crippen molar-refractivity contribution in [1.82, 2.24) is 4.98 Å². The summed E-state index contributed by atoms with van der Waals surface area (Å²) in [6, 6.07) is 2.81. The van der Waals surface area contributed by atoms with Crippen molar-refractivity contribution < 1.29 is 4.92 Å². The van der Waals surface area contributed by atoms with Gasteiger partial charge in [-0.2, -0.15) is 0 Å². The van der Waals surface area contributed by atoms with Gasteiger partial charge in [-0.15, -0.1) is 0 Å². The summed E-state index contributed by atoms with van der Waals surface area (Å²) in [6.45, 7) is 0.302. The number of rotatable bonds is 3. The van der Waals surface area contributed by atoms with Crippen molar-refractivity contribution in [2.45, 2.75) is 6.42 Å². The van der Waals surface area contributed by atoms with Crippen LogP contribution in [-0.4, -0.2) is 16.5 Å². The first-order valence-corrected chi connectivity index (χ1v) is 4.34. The highest BCUT2D eigenvalue weighted by Crippen LogP contribution is 2.07. The van der Waals surface area contributed by atoms with Gasteiger partial charge in [0.25, 0.3) is 5.69 Å². The molecule has 0 amide bonds. The van der Waals surface area contributed by atoms with E-state index in [1.165, 1.54) is 12.1 Å². The monoisotopic (exact) mass is 217 g/mol. The van der Waals surface area contributed by atoms with Gasteiger partial charge in [0, 0.05) is 23.9 Å². The second-order valence-electron chi connectivity index (χ2n) is 2.66. The summed E-state index contributed by atoms with van der Waals surface area (Å²) in [5.41, 5.74) is 8.38. The molecular formula is C9H7N5O2. The third-order valence-corrected chi connectivity index (χ3v) is 1.58. The molecule has 0 aliphatic heterocycles. The van der Waals surface area contributed by atoms with Crippen molar-refractivity contribution in [3.8, 4) is 11.8 Å². The third-order valence-electron chi connectivity index (χ3n) is 1.58. The van der Waals surface area contributed by atoms with Crippen molar-refractivity contribution in [3.05, 3.63) is 44.6 Å². The third kappa shape index (κ3) is 3.65. The van der Waals surface area contributed by atoms with E-state index in [0.29, 0.717) is 18.7 Å². The average molecular weight is 217 g/mol. The largest absolute Gasteiger partial charge is 0.287 e. The molecule has 0 aliphatic carbocycles. The van der Waals surface area contributed by atoms with E-state index in [4.69, 9.17) is 5.53 Å². The molecule has 7 nitrogen and oxygen atoms in total. The molecule has 0 saturated heterocycles. The number of hydrogen-bond donors (Lipinski definition) is 0. The normalized spacial score (nSPS) is 8.50. The van der Waals surface area contributed by atoms with Crippen LogP contribution in [0.25, 0.3) is 10.4 Å². The Labute approximate surface area is 90.9 Å². The van der Waals surface area contributed by atoms with E-state index in [1.807, 2.05) is 0 Å². The smallest absolute Gasteiger partial charge is 0.258 e. The number of aromatic nitrogens is 1. The lowest BCUT2D eigenvalue weighted by atomic mass is 10.3. The fourth-order valence-electron chi connectivity index (χ4n) is 0.872. The standard InChI is InChI=1S/C9H7N5O2/c10-13-12-6-2-1-3-8-4-5-9(7-11-8)14(15)16/h4-5,7H,2,6H2. The fourth-order valence-corrected chi connectivity index (χ4v) is 0.872. The zero-order chi connectivity index (χ0) is 11.8. The van der Waals surface area contributed by atoms with Gasteiger partial charge in [0.1, 0.15) is 11.9 Å². The van der Waals surface area contributed by atoms with Crippen molar-refractivity contribution in [2.75, 3.05) is 6.54 Å². The Balaban J connectivity index is 2.61. The van der Waals surface area contributed by atoms with Crippen LogP contribution in [0.15, 0.2) is 23.4 Å². The van der Waals surface area contributed by atoms with Crippen LogP contribution in [-0.2, 0) is 0 Å². The first kappa shape index (κ1) is 11.5. The van der Waals surface area contributed by atoms with Gasteiger partial charge in [-0.05, 0) is 17.5 Å². The van der Waals surface area contributed by atoms with Gasteiger partial charge in [-0.25, -0.2) is 4.98 Å². The van der Waals surface area contributed by atoms with E-state index in [0.717, 1.165) is 6.20 Å². The maximum atomic E-state index is 10.3. The molecule has 0 aromatic carbocycles. The van der Waals surface area contributed by atoms with Crippen LogP contribution in [0.5, 0.6) is 0 Å². The van der Waals surface area contributed by atoms with E-state index < -0.39 is 4.92 Å². The molecule has 0 radical (unpaired) electrons. The molecule has 0 bridgehead atoms. The summed E-state index contributed by atoms with van der Waals surface area (Å²) in [5.74, 6) is 5.44. The number of hydrogen-bond acceptors (Lipinski definition) is 4. The molecule has 1 rings (SSSR count). The van der Waals surface area contributed by atoms with Crippen molar-refractivity contribution >= 4 is 5.69 Å². The Hall–Kier alpha value is -2.58. The highest BCUT2D eigenvalue weighted by Gasteiger charge is 2.03. The predicted molar refractivity (Wildman–Crippen MR) is 56.4 cm³/mol. The first-order chi connectivity index (χ1) is 7.74. The molecular weight excluding hydrogens is 210 g/mol. The lowest BCUT2D eigenvalue weighted by Gasteiger charge is -1.90. The Kier molecular flexibility index (Phi) is 4.32. The van der Waals surface area contributed by atoms with E-state index in [-0.39, 0.29) is 5.69 Å². The SMILES string of the molecule is [N-]=[N+]=NCCC#Cc1ccc([N+](=O)[O-])cn1. The molecule has 80 valence electrons. The molecule has 0 N–H and O–H groups in total. The van der Waals surface area contributed by atoms with E-state index >= 15 is 0 Å². The molecule has 0 aliphatic rings. The maximum absolute atomic E-state index is 10.3. The second kappa shape index (κ2) is 6.01. The highest BCUT2D eigenvalue weighted by molar-refractivity contribution is 5.34. The summed E-state index contributed by atoms with van der Waals surface area (Å²) in [7, 11) is 0. The van der Waals surface area contributed by atoms with Gasteiger partial charge in [0.05, 0.1) is 4.92 Å². The van der Waals surface area contributed by atoms with Crippen LogP contribution in [0.2, 0.25) is 0 Å². The molecule has 1 aromatic rings. The minimum atomic E-state index is -0.522. The van der Waals surface area contributed by atoms with E-state index in [1.54, 1.807) is 0 Å². The van der Waals surface area contributed by atoms with E-state index in [2.05, 4.69) is 26.9 Å². The van der Waals surface area contributed by atoms with Crippen LogP contribution >= 0.6 is 0 Å². The summed E-state index contributed by atoms with van der Waals surface area (Å²) in [4.78, 5) is 16.2. The topological polar surface area (TPSA) is 105 Å². The Morgan fingerprint density at radius 1 is 1.62 bits per heavy atom. The molecule has 1 heterocycles. The van der Waals surface area contributed by atoms with Crippen LogP contribution in [0.3, 0.4) is 0 Å². The number of azide groups is 1. The summed E-state index contributed by atoms with van der Waals surface area (Å²) < 4.78 is 0. The maximum Gasteiger partial charge on any atom is 0.287 e. The molecule has 0 unspecified atom stereocenters. The Bertz CT molecular complexity index is 479. The first-order valence-electron chi connectivity index (χ1n) is 4.34. The predicted octanol–water partition coefficient (Wildman–Crippen LogP) is 2.04. The van der Waals surface area contributed by atoms with Crippen molar-refractivity contribution in [2.24, 2.45) is 5.11 Å². The Morgan fingerprint density at radius 2 is 2.44 bits per heavy atom. The van der Waals surface area contributed by atoms with Crippen LogP contribution in [0.4, 0.5) is 5.69 Å². The van der Waals surface area contributed by atoms with Crippen LogP contribution < -0.4 is 0 Å². The molecule has 0 saturated carbocycles. The molecule has 0 spiro atoms. The number of nitro groups is 1. The minimum absolute atomic E-state index is 0.0698. The number of pyridine rings is 1. The van der Waals surface area contributed by atoms with Crippen molar-refractivity contribution in [1.29, 1.82) is 0 Å². The molecule has 16 heavy (non-hydrogen) atoms. The van der Waals surface area contributed by atoms with Gasteiger partial charge >= 0.3 is 0 Å². The lowest BCUT2D eigenvalue weighted by Crippen LogP contribution is -1.89. The summed E-state index contributed by atoms with van der Waals surface area (Å²) in [5, 5.41) is 13.6. The zero-order valence-corrected chi connectivity index (χ0v) is 8.20. The van der Waals surface area contributed by atoms with Gasteiger partial charge in [-0.1, -0.05) is 11.0 Å². The quantitative estimate of drug-likeness (QED) is 0.147. The lowest BCUT2D eigenvalue weighted by molar-refractivity contribution is -0.385. The molecule has 0 atom stereocenters. The summed E-state index contributed by atoms with van der Waals surface area (Å²) >= 11 is 0. The van der Waals surface area contributed by atoms with Gasteiger partial charge in [-0.3, -0.25) is 10.1 Å². The zero-order valence-electron chi connectivity index (χ0n) is 8.20. The molecule has 1 aromatic heterocycles. The van der Waals surface area contributed by atoms with Crippen LogP contribution in [0.1, 0.15) is 12.1 Å². The number of nitrogens with zero attached hydrogens (tertiary/aromatic N) is 5. The van der Waals surface area contributed by atoms with E-state index in [9.17, 15) is 10.1 Å². The van der Waals surface area contributed by atoms with Crippen molar-refractivity contribution in [3.63, 3.8) is 0 Å². The van der Waals surface area contributed by atoms with Gasteiger partial charge < -0.3 is 0 Å². The average Bonchev–Trinajstić information content (AvgIpc) is 2.29.